The van der Waals surface area contributed by atoms with Crippen LogP contribution < -0.4 is 5.32 Å². The number of carboxylic acid groups (broad SMARTS) is 2. The molecule has 1 unspecified atom stereocenters. The molecule has 1 amide bonds. The van der Waals surface area contributed by atoms with Crippen LogP contribution in [0.3, 0.4) is 0 Å². The van der Waals surface area contributed by atoms with Gasteiger partial charge in [-0.15, -0.1) is 11.3 Å². The van der Waals surface area contributed by atoms with E-state index in [0.717, 1.165) is 43.3 Å². The van der Waals surface area contributed by atoms with Crippen molar-refractivity contribution in [2.24, 2.45) is 5.92 Å². The first-order valence-corrected chi connectivity index (χ1v) is 13.0. The summed E-state index contributed by atoms with van der Waals surface area (Å²) in [5.41, 5.74) is -0.471. The minimum absolute atomic E-state index is 0.0207. The SMILES string of the molecule is CC(C)CNC(=O)C1Cn2ccnc2C2(CCN(Cc3nccs3)CC2)O1.O=C(O)C(F)(F)F.O=C(O)C(F)(F)F. The van der Waals surface area contributed by atoms with Gasteiger partial charge in [0.25, 0.3) is 5.91 Å². The summed E-state index contributed by atoms with van der Waals surface area (Å²) in [6.45, 7) is 8.08. The lowest BCUT2D eigenvalue weighted by molar-refractivity contribution is -0.193. The van der Waals surface area contributed by atoms with Gasteiger partial charge in [-0.1, -0.05) is 13.8 Å². The number of hydrogen-bond acceptors (Lipinski definition) is 8. The minimum Gasteiger partial charge on any atom is -0.475 e. The summed E-state index contributed by atoms with van der Waals surface area (Å²) in [6.07, 6.45) is -3.32. The number of carbonyl (C=O) groups is 3. The highest BCUT2D eigenvalue weighted by Gasteiger charge is 2.47. The summed E-state index contributed by atoms with van der Waals surface area (Å²) >= 11 is 1.69. The average Bonchev–Trinajstić information content (AvgIpc) is 3.56. The lowest BCUT2D eigenvalue weighted by atomic mass is 9.88. The number of carbonyl (C=O) groups excluding carboxylic acids is 1. The molecule has 1 atom stereocenters. The molecular formula is C23H29F6N5O6S. The maximum absolute atomic E-state index is 12.6. The summed E-state index contributed by atoms with van der Waals surface area (Å²) in [5, 5.41) is 20.4. The first-order valence-electron chi connectivity index (χ1n) is 12.1. The van der Waals surface area contributed by atoms with E-state index in [-0.39, 0.29) is 5.91 Å². The van der Waals surface area contributed by atoms with Crippen LogP contribution in [-0.2, 0) is 37.8 Å². The zero-order valence-electron chi connectivity index (χ0n) is 21.9. The molecule has 2 aromatic heterocycles. The van der Waals surface area contributed by atoms with Crippen molar-refractivity contribution in [1.82, 2.24) is 24.8 Å². The molecule has 18 heteroatoms. The Hall–Kier alpha value is -3.25. The number of aromatic nitrogens is 3. The van der Waals surface area contributed by atoms with Gasteiger partial charge in [0.2, 0.25) is 0 Å². The van der Waals surface area contributed by atoms with E-state index in [1.165, 1.54) is 0 Å². The number of imidazole rings is 1. The molecule has 41 heavy (non-hydrogen) atoms. The highest BCUT2D eigenvalue weighted by atomic mass is 32.1. The fourth-order valence-electron chi connectivity index (χ4n) is 3.89. The van der Waals surface area contributed by atoms with E-state index in [0.29, 0.717) is 19.0 Å². The number of aliphatic carboxylic acids is 2. The molecular weight excluding hydrogens is 588 g/mol. The monoisotopic (exact) mass is 617 g/mol. The third-order valence-electron chi connectivity index (χ3n) is 5.82. The zero-order chi connectivity index (χ0) is 31.0. The molecule has 4 heterocycles. The molecule has 2 aliphatic rings. The van der Waals surface area contributed by atoms with E-state index in [1.807, 2.05) is 24.0 Å². The third-order valence-corrected chi connectivity index (χ3v) is 6.59. The van der Waals surface area contributed by atoms with Crippen molar-refractivity contribution in [2.75, 3.05) is 19.6 Å². The molecule has 0 radical (unpaired) electrons. The Morgan fingerprint density at radius 1 is 1.07 bits per heavy atom. The van der Waals surface area contributed by atoms with Gasteiger partial charge in [0.05, 0.1) is 13.1 Å². The molecule has 1 saturated heterocycles. The Bertz CT molecular complexity index is 1120. The van der Waals surface area contributed by atoms with E-state index in [1.54, 1.807) is 11.3 Å². The maximum Gasteiger partial charge on any atom is 0.490 e. The number of hydrogen-bond donors (Lipinski definition) is 3. The van der Waals surface area contributed by atoms with Gasteiger partial charge in [0.1, 0.15) is 16.4 Å². The van der Waals surface area contributed by atoms with Crippen molar-refractivity contribution in [1.29, 1.82) is 0 Å². The normalized spacial score (nSPS) is 18.4. The highest BCUT2D eigenvalue weighted by Crippen LogP contribution is 2.40. The van der Waals surface area contributed by atoms with Crippen LogP contribution in [0.25, 0.3) is 0 Å². The first kappa shape index (κ1) is 34.0. The van der Waals surface area contributed by atoms with E-state index in [9.17, 15) is 31.1 Å². The molecule has 1 fully saturated rings. The molecule has 0 aromatic carbocycles. The van der Waals surface area contributed by atoms with E-state index < -0.39 is 36.0 Å². The molecule has 1 spiro atoms. The Morgan fingerprint density at radius 3 is 2.10 bits per heavy atom. The molecule has 3 N–H and O–H groups in total. The number of amides is 1. The summed E-state index contributed by atoms with van der Waals surface area (Å²) in [5.74, 6) is -4.15. The van der Waals surface area contributed by atoms with Gasteiger partial charge in [-0.05, 0) is 18.8 Å². The van der Waals surface area contributed by atoms with Crippen LogP contribution in [0.15, 0.2) is 24.0 Å². The smallest absolute Gasteiger partial charge is 0.475 e. The van der Waals surface area contributed by atoms with Crippen LogP contribution in [0.2, 0.25) is 0 Å². The van der Waals surface area contributed by atoms with Crippen LogP contribution >= 0.6 is 11.3 Å². The standard InChI is InChI=1S/C19H27N5O2S.2C2HF3O2/c1-14(2)11-22-17(25)15-12-24-9-5-21-18(24)19(26-15)3-7-23(8-4-19)13-16-20-6-10-27-16;2*3-2(4,5)1(6)7/h5-6,9-10,14-15H,3-4,7-8,11-13H2,1-2H3,(H,22,25);2*(H,6,7). The van der Waals surface area contributed by atoms with Gasteiger partial charge in [-0.3, -0.25) is 9.69 Å². The quantitative estimate of drug-likeness (QED) is 0.430. The number of ether oxygens (including phenoxy) is 1. The number of alkyl halides is 6. The van der Waals surface area contributed by atoms with Crippen LogP contribution in [0.5, 0.6) is 0 Å². The molecule has 230 valence electrons. The zero-order valence-corrected chi connectivity index (χ0v) is 22.7. The van der Waals surface area contributed by atoms with Crippen molar-refractivity contribution in [3.63, 3.8) is 0 Å². The van der Waals surface area contributed by atoms with Crippen molar-refractivity contribution in [3.8, 4) is 0 Å². The topological polar surface area (TPSA) is 147 Å². The lowest BCUT2D eigenvalue weighted by Crippen LogP contribution is -2.54. The predicted molar refractivity (Wildman–Crippen MR) is 131 cm³/mol. The van der Waals surface area contributed by atoms with E-state index >= 15 is 0 Å². The van der Waals surface area contributed by atoms with Crippen LogP contribution in [0.4, 0.5) is 26.3 Å². The van der Waals surface area contributed by atoms with Crippen LogP contribution in [-0.4, -0.2) is 85.6 Å². The molecule has 2 aliphatic heterocycles. The van der Waals surface area contributed by atoms with Gasteiger partial charge in [0.15, 0.2) is 6.10 Å². The average molecular weight is 618 g/mol. The lowest BCUT2D eigenvalue weighted by Gasteiger charge is -2.45. The molecule has 2 aromatic rings. The molecule has 4 rings (SSSR count). The van der Waals surface area contributed by atoms with Gasteiger partial charge in [-0.25, -0.2) is 19.6 Å². The Morgan fingerprint density at radius 2 is 1.63 bits per heavy atom. The number of fused-ring (bicyclic) bond motifs is 2. The van der Waals surface area contributed by atoms with Gasteiger partial charge in [0, 0.05) is 43.6 Å². The second-order valence-electron chi connectivity index (χ2n) is 9.45. The van der Waals surface area contributed by atoms with E-state index in [4.69, 9.17) is 24.5 Å². The van der Waals surface area contributed by atoms with Crippen LogP contribution in [0, 0.1) is 5.92 Å². The number of nitrogens with one attached hydrogen (secondary N) is 1. The van der Waals surface area contributed by atoms with Crippen molar-refractivity contribution in [3.05, 3.63) is 34.8 Å². The Balaban J connectivity index is 0.000000349. The van der Waals surface area contributed by atoms with Crippen molar-refractivity contribution >= 4 is 29.2 Å². The number of thiazole rings is 1. The largest absolute Gasteiger partial charge is 0.490 e. The third kappa shape index (κ3) is 10.3. The minimum atomic E-state index is -5.08. The summed E-state index contributed by atoms with van der Waals surface area (Å²) in [4.78, 5) is 41.8. The molecule has 0 bridgehead atoms. The number of halogens is 6. The van der Waals surface area contributed by atoms with Gasteiger partial charge in [-0.2, -0.15) is 26.3 Å². The number of carboxylic acids is 2. The van der Waals surface area contributed by atoms with Gasteiger partial charge < -0.3 is 24.8 Å². The van der Waals surface area contributed by atoms with Gasteiger partial charge >= 0.3 is 24.3 Å². The second-order valence-corrected chi connectivity index (χ2v) is 10.4. The molecule has 11 nitrogen and oxygen atoms in total. The fraction of sp³-hybridized carbons (Fsp3) is 0.609. The summed E-state index contributed by atoms with van der Waals surface area (Å²) in [6, 6.07) is 0. The summed E-state index contributed by atoms with van der Waals surface area (Å²) < 4.78 is 72.0. The van der Waals surface area contributed by atoms with Crippen molar-refractivity contribution < 1.29 is 55.7 Å². The predicted octanol–water partition coefficient (Wildman–Crippen LogP) is 3.27. The number of likely N-dealkylation sites (tertiary alicyclic amines) is 1. The second kappa shape index (κ2) is 14.1. The molecule has 0 aliphatic carbocycles. The summed E-state index contributed by atoms with van der Waals surface area (Å²) in [7, 11) is 0. The van der Waals surface area contributed by atoms with E-state index in [2.05, 4.69) is 38.6 Å². The fourth-order valence-corrected chi connectivity index (χ4v) is 4.55. The van der Waals surface area contributed by atoms with Crippen LogP contribution in [0.1, 0.15) is 37.5 Å². The molecule has 0 saturated carbocycles. The van der Waals surface area contributed by atoms with Crippen molar-refractivity contribution in [2.45, 2.75) is 63.8 Å². The highest BCUT2D eigenvalue weighted by molar-refractivity contribution is 7.09. The number of piperidine rings is 1. The maximum atomic E-state index is 12.6. The number of rotatable bonds is 5. The number of nitrogens with zero attached hydrogens (tertiary/aromatic N) is 4. The Labute approximate surface area is 234 Å². The first-order chi connectivity index (χ1) is 18.9. The Kier molecular flexibility index (Phi) is 11.7.